The molecule has 7 heteroatoms. The molecule has 0 saturated heterocycles. The lowest BCUT2D eigenvalue weighted by atomic mass is 9.95. The Kier molecular flexibility index (Phi) is 5.55. The molecule has 3 aromatic rings. The number of halogens is 1. The maximum absolute atomic E-state index is 13.6. The van der Waals surface area contributed by atoms with Gasteiger partial charge in [-0.15, -0.1) is 0 Å². The maximum Gasteiger partial charge on any atom is 0.274 e. The fourth-order valence-corrected chi connectivity index (χ4v) is 4.45. The SMILES string of the molecule is CCN(Cc1ccc2c(c1)OCCO2)C(=O)c1nn(-c2ccc(F)cc2)c2c1CCCC2. The highest BCUT2D eigenvalue weighted by Gasteiger charge is 2.28. The van der Waals surface area contributed by atoms with Gasteiger partial charge in [-0.2, -0.15) is 5.10 Å². The van der Waals surface area contributed by atoms with Gasteiger partial charge in [0.1, 0.15) is 19.0 Å². The summed E-state index contributed by atoms with van der Waals surface area (Å²) in [7, 11) is 0. The summed E-state index contributed by atoms with van der Waals surface area (Å²) in [5, 5.41) is 4.73. The van der Waals surface area contributed by atoms with Gasteiger partial charge in [-0.25, -0.2) is 9.07 Å². The Balaban J connectivity index is 1.45. The number of rotatable bonds is 5. The van der Waals surface area contributed by atoms with Crippen LogP contribution in [0.25, 0.3) is 5.69 Å². The molecule has 0 radical (unpaired) electrons. The van der Waals surface area contributed by atoms with E-state index >= 15 is 0 Å². The van der Waals surface area contributed by atoms with Gasteiger partial charge < -0.3 is 14.4 Å². The van der Waals surface area contributed by atoms with Gasteiger partial charge in [-0.1, -0.05) is 6.07 Å². The fourth-order valence-electron chi connectivity index (χ4n) is 4.45. The zero-order chi connectivity index (χ0) is 22.1. The zero-order valence-corrected chi connectivity index (χ0v) is 18.1. The second kappa shape index (κ2) is 8.65. The first kappa shape index (κ1) is 20.5. The molecule has 1 aromatic heterocycles. The minimum Gasteiger partial charge on any atom is -0.486 e. The van der Waals surface area contributed by atoms with Crippen molar-refractivity contribution in [2.45, 2.75) is 39.2 Å². The number of carbonyl (C=O) groups excluding carboxylic acids is 1. The lowest BCUT2D eigenvalue weighted by Crippen LogP contribution is -2.31. The molecule has 0 unspecified atom stereocenters. The third kappa shape index (κ3) is 3.83. The van der Waals surface area contributed by atoms with Gasteiger partial charge in [0.2, 0.25) is 0 Å². The number of aromatic nitrogens is 2. The smallest absolute Gasteiger partial charge is 0.274 e. The van der Waals surface area contributed by atoms with Crippen LogP contribution in [0.2, 0.25) is 0 Å². The van der Waals surface area contributed by atoms with Crippen molar-refractivity contribution in [3.8, 4) is 17.2 Å². The highest BCUT2D eigenvalue weighted by molar-refractivity contribution is 5.94. The number of hydrogen-bond acceptors (Lipinski definition) is 4. The molecule has 32 heavy (non-hydrogen) atoms. The Labute approximate surface area is 186 Å². The van der Waals surface area contributed by atoms with Gasteiger partial charge >= 0.3 is 0 Å². The van der Waals surface area contributed by atoms with Crippen molar-refractivity contribution in [1.82, 2.24) is 14.7 Å². The Morgan fingerprint density at radius 3 is 2.59 bits per heavy atom. The number of hydrogen-bond donors (Lipinski definition) is 0. The number of nitrogens with zero attached hydrogens (tertiary/aromatic N) is 3. The number of ether oxygens (including phenoxy) is 2. The molecular formula is C25H26FN3O3. The van der Waals surface area contributed by atoms with Gasteiger partial charge in [0.25, 0.3) is 5.91 Å². The molecule has 1 aliphatic heterocycles. The Morgan fingerprint density at radius 2 is 1.81 bits per heavy atom. The van der Waals surface area contributed by atoms with Gasteiger partial charge in [0.15, 0.2) is 17.2 Å². The van der Waals surface area contributed by atoms with Crippen LogP contribution in [-0.4, -0.2) is 40.3 Å². The van der Waals surface area contributed by atoms with E-state index in [1.807, 2.05) is 29.8 Å². The molecule has 0 N–H and O–H groups in total. The van der Waals surface area contributed by atoms with Gasteiger partial charge in [-0.05, 0) is 74.6 Å². The van der Waals surface area contributed by atoms with Crippen LogP contribution in [0.5, 0.6) is 11.5 Å². The molecule has 0 atom stereocenters. The van der Waals surface area contributed by atoms with Crippen molar-refractivity contribution < 1.29 is 18.7 Å². The average Bonchev–Trinajstić information content (AvgIpc) is 3.22. The summed E-state index contributed by atoms with van der Waals surface area (Å²) >= 11 is 0. The van der Waals surface area contributed by atoms with E-state index < -0.39 is 0 Å². The molecule has 6 nitrogen and oxygen atoms in total. The summed E-state index contributed by atoms with van der Waals surface area (Å²) in [6.45, 7) is 4.07. The van der Waals surface area contributed by atoms with Gasteiger partial charge in [0, 0.05) is 24.3 Å². The van der Waals surface area contributed by atoms with Crippen LogP contribution in [0.1, 0.15) is 47.1 Å². The third-order valence-electron chi connectivity index (χ3n) is 6.10. The highest BCUT2D eigenvalue weighted by atomic mass is 19.1. The average molecular weight is 435 g/mol. The van der Waals surface area contributed by atoms with Crippen LogP contribution in [-0.2, 0) is 19.4 Å². The Morgan fingerprint density at radius 1 is 1.06 bits per heavy atom. The van der Waals surface area contributed by atoms with E-state index in [4.69, 9.17) is 14.6 Å². The summed E-state index contributed by atoms with van der Waals surface area (Å²) in [4.78, 5) is 15.4. The van der Waals surface area contributed by atoms with Crippen molar-refractivity contribution in [3.05, 3.63) is 70.8 Å². The van der Waals surface area contributed by atoms with Crippen molar-refractivity contribution in [2.75, 3.05) is 19.8 Å². The Bertz CT molecular complexity index is 1140. The first-order valence-corrected chi connectivity index (χ1v) is 11.2. The normalized spacial score (nSPS) is 14.7. The minimum atomic E-state index is -0.289. The van der Waals surface area contributed by atoms with Crippen LogP contribution >= 0.6 is 0 Å². The summed E-state index contributed by atoms with van der Waals surface area (Å²) in [6, 6.07) is 12.1. The van der Waals surface area contributed by atoms with E-state index in [2.05, 4.69) is 0 Å². The molecule has 2 aromatic carbocycles. The molecule has 2 heterocycles. The summed E-state index contributed by atoms with van der Waals surface area (Å²) in [5.41, 5.74) is 4.34. The largest absolute Gasteiger partial charge is 0.486 e. The van der Waals surface area contributed by atoms with Crippen LogP contribution in [0.15, 0.2) is 42.5 Å². The number of benzene rings is 2. The first-order chi connectivity index (χ1) is 15.6. The van der Waals surface area contributed by atoms with E-state index in [1.54, 1.807) is 17.0 Å². The molecule has 1 amide bonds. The third-order valence-corrected chi connectivity index (χ3v) is 6.10. The number of fused-ring (bicyclic) bond motifs is 2. The van der Waals surface area contributed by atoms with Crippen LogP contribution < -0.4 is 9.47 Å². The van der Waals surface area contributed by atoms with Crippen molar-refractivity contribution in [1.29, 1.82) is 0 Å². The predicted molar refractivity (Wildman–Crippen MR) is 118 cm³/mol. The molecule has 1 aliphatic carbocycles. The molecule has 0 bridgehead atoms. The molecule has 166 valence electrons. The predicted octanol–water partition coefficient (Wildman–Crippen LogP) is 4.32. The van der Waals surface area contributed by atoms with E-state index in [9.17, 15) is 9.18 Å². The molecule has 0 saturated carbocycles. The summed E-state index contributed by atoms with van der Waals surface area (Å²) in [6.07, 6.45) is 3.79. The molecule has 5 rings (SSSR count). The van der Waals surface area contributed by atoms with E-state index in [0.717, 1.165) is 59.7 Å². The van der Waals surface area contributed by atoms with E-state index in [0.29, 0.717) is 32.0 Å². The lowest BCUT2D eigenvalue weighted by molar-refractivity contribution is 0.0744. The molecular weight excluding hydrogens is 409 g/mol. The van der Waals surface area contributed by atoms with Crippen LogP contribution in [0.4, 0.5) is 4.39 Å². The zero-order valence-electron chi connectivity index (χ0n) is 18.1. The van der Waals surface area contributed by atoms with Gasteiger partial charge in [-0.3, -0.25) is 4.79 Å². The summed E-state index contributed by atoms with van der Waals surface area (Å²) < 4.78 is 26.5. The quantitative estimate of drug-likeness (QED) is 0.599. The number of amides is 1. The molecule has 0 fully saturated rings. The van der Waals surface area contributed by atoms with Crippen LogP contribution in [0, 0.1) is 5.82 Å². The minimum absolute atomic E-state index is 0.0820. The second-order valence-corrected chi connectivity index (χ2v) is 8.17. The van der Waals surface area contributed by atoms with Crippen molar-refractivity contribution in [2.24, 2.45) is 0 Å². The standard InChI is InChI=1S/C25H26FN3O3/c1-2-28(16-17-7-12-22-23(15-17)32-14-13-31-22)25(30)24-20-5-3-4-6-21(20)29(27-24)19-10-8-18(26)9-11-19/h7-12,15H,2-6,13-14,16H2,1H3. The fraction of sp³-hybridized carbons (Fsp3) is 0.360. The van der Waals surface area contributed by atoms with Gasteiger partial charge in [0.05, 0.1) is 5.69 Å². The Hall–Kier alpha value is -3.35. The second-order valence-electron chi connectivity index (χ2n) is 8.17. The van der Waals surface area contributed by atoms with E-state index in [1.165, 1.54) is 12.1 Å². The lowest BCUT2D eigenvalue weighted by Gasteiger charge is -2.23. The van der Waals surface area contributed by atoms with Crippen molar-refractivity contribution in [3.63, 3.8) is 0 Å². The number of carbonyl (C=O) groups is 1. The van der Waals surface area contributed by atoms with Crippen molar-refractivity contribution >= 4 is 5.91 Å². The molecule has 2 aliphatic rings. The molecule has 0 spiro atoms. The maximum atomic E-state index is 13.6. The highest BCUT2D eigenvalue weighted by Crippen LogP contribution is 2.32. The monoisotopic (exact) mass is 435 g/mol. The summed E-state index contributed by atoms with van der Waals surface area (Å²) in [5.74, 6) is 1.08. The van der Waals surface area contributed by atoms with Crippen LogP contribution in [0.3, 0.4) is 0 Å². The van der Waals surface area contributed by atoms with E-state index in [-0.39, 0.29) is 11.7 Å². The first-order valence-electron chi connectivity index (χ1n) is 11.2. The topological polar surface area (TPSA) is 56.6 Å².